The Morgan fingerprint density at radius 2 is 1.96 bits per heavy atom. The van der Waals surface area contributed by atoms with Crippen LogP contribution < -0.4 is 5.69 Å². The second kappa shape index (κ2) is 5.91. The summed E-state index contributed by atoms with van der Waals surface area (Å²) in [5.41, 5.74) is 1.48. The van der Waals surface area contributed by atoms with Gasteiger partial charge in [0.05, 0.1) is 17.0 Å². The number of aromatic nitrogens is 2. The highest BCUT2D eigenvalue weighted by atomic mass is 16.4. The molecule has 1 saturated heterocycles. The number of carboxylic acid groups (broad SMARTS) is 1. The maximum Gasteiger partial charge on any atom is 0.328 e. The van der Waals surface area contributed by atoms with E-state index in [0.717, 1.165) is 11.0 Å². The number of hydrogen-bond donors (Lipinski definition) is 1. The quantitative estimate of drug-likeness (QED) is 0.898. The number of carbonyl (C=O) groups excluding carboxylic acids is 1. The van der Waals surface area contributed by atoms with Crippen LogP contribution in [0.15, 0.2) is 29.1 Å². The molecule has 23 heavy (non-hydrogen) atoms. The molecule has 2 aromatic rings. The summed E-state index contributed by atoms with van der Waals surface area (Å²) >= 11 is 0. The first kappa shape index (κ1) is 15.3. The van der Waals surface area contributed by atoms with Gasteiger partial charge in [0.25, 0.3) is 0 Å². The molecule has 1 unspecified atom stereocenters. The standard InChI is InChI=1S/C16H19N3O4/c1-17-12-4-2-3-5-13(12)19(16(17)23)9-7-14(20)18-8-6-11(10-18)15(21)22/h2-5,11H,6-10H2,1H3,(H,21,22). The van der Waals surface area contributed by atoms with Crippen molar-refractivity contribution in [2.45, 2.75) is 19.4 Å². The molecule has 0 radical (unpaired) electrons. The van der Waals surface area contributed by atoms with Gasteiger partial charge in [0.2, 0.25) is 5.91 Å². The van der Waals surface area contributed by atoms with E-state index < -0.39 is 11.9 Å². The fourth-order valence-electron chi connectivity index (χ4n) is 3.13. The van der Waals surface area contributed by atoms with Gasteiger partial charge in [0.15, 0.2) is 0 Å². The van der Waals surface area contributed by atoms with Crippen LogP contribution in [0.25, 0.3) is 11.0 Å². The Balaban J connectivity index is 1.72. The fourth-order valence-corrected chi connectivity index (χ4v) is 3.13. The van der Waals surface area contributed by atoms with Crippen molar-refractivity contribution in [1.82, 2.24) is 14.0 Å². The molecular formula is C16H19N3O4. The van der Waals surface area contributed by atoms with E-state index in [2.05, 4.69) is 0 Å². The topological polar surface area (TPSA) is 84.5 Å². The molecule has 2 heterocycles. The first-order valence-electron chi connectivity index (χ1n) is 7.64. The molecule has 0 aliphatic carbocycles. The van der Waals surface area contributed by atoms with Crippen molar-refractivity contribution in [1.29, 1.82) is 0 Å². The zero-order valence-electron chi connectivity index (χ0n) is 12.9. The van der Waals surface area contributed by atoms with Gasteiger partial charge in [0, 0.05) is 33.1 Å². The maximum atomic E-state index is 12.3. The van der Waals surface area contributed by atoms with Gasteiger partial charge >= 0.3 is 11.7 Å². The number of para-hydroxylation sites is 2. The van der Waals surface area contributed by atoms with E-state index in [9.17, 15) is 14.4 Å². The highest BCUT2D eigenvalue weighted by Gasteiger charge is 2.30. The molecule has 1 N–H and O–H groups in total. The molecule has 1 amide bonds. The fraction of sp³-hybridized carbons (Fsp3) is 0.438. The average molecular weight is 317 g/mol. The summed E-state index contributed by atoms with van der Waals surface area (Å²) < 4.78 is 3.16. The molecule has 1 aliphatic rings. The number of rotatable bonds is 4. The lowest BCUT2D eigenvalue weighted by Gasteiger charge is -2.15. The Morgan fingerprint density at radius 1 is 1.26 bits per heavy atom. The van der Waals surface area contributed by atoms with Gasteiger partial charge in [-0.15, -0.1) is 0 Å². The predicted molar refractivity (Wildman–Crippen MR) is 84.1 cm³/mol. The third-order valence-electron chi connectivity index (χ3n) is 4.49. The largest absolute Gasteiger partial charge is 0.481 e. The second-order valence-corrected chi connectivity index (χ2v) is 5.90. The van der Waals surface area contributed by atoms with Gasteiger partial charge < -0.3 is 10.0 Å². The molecule has 1 fully saturated rings. The maximum absolute atomic E-state index is 12.3. The SMILES string of the molecule is Cn1c(=O)n(CCC(=O)N2CCC(C(=O)O)C2)c2ccccc21. The summed E-state index contributed by atoms with van der Waals surface area (Å²) in [6, 6.07) is 7.45. The Bertz CT molecular complexity index is 820. The number of aliphatic carboxylic acids is 1. The number of hydrogen-bond acceptors (Lipinski definition) is 3. The Kier molecular flexibility index (Phi) is 3.94. The van der Waals surface area contributed by atoms with Crippen LogP contribution in [0.2, 0.25) is 0 Å². The van der Waals surface area contributed by atoms with E-state index in [1.165, 1.54) is 0 Å². The van der Waals surface area contributed by atoms with Gasteiger partial charge in [-0.2, -0.15) is 0 Å². The molecule has 1 aliphatic heterocycles. The van der Waals surface area contributed by atoms with E-state index in [0.29, 0.717) is 19.5 Å². The summed E-state index contributed by atoms with van der Waals surface area (Å²) in [4.78, 5) is 37.1. The predicted octanol–water partition coefficient (Wildman–Crippen LogP) is 0.663. The normalized spacial score (nSPS) is 17.8. The van der Waals surface area contributed by atoms with Gasteiger partial charge in [-0.3, -0.25) is 18.7 Å². The van der Waals surface area contributed by atoms with Crippen LogP contribution in [0.4, 0.5) is 0 Å². The van der Waals surface area contributed by atoms with Gasteiger partial charge in [-0.1, -0.05) is 12.1 Å². The van der Waals surface area contributed by atoms with Crippen LogP contribution in [0.1, 0.15) is 12.8 Å². The van der Waals surface area contributed by atoms with Crippen LogP contribution in [0.3, 0.4) is 0 Å². The van der Waals surface area contributed by atoms with E-state index in [1.807, 2.05) is 24.3 Å². The highest BCUT2D eigenvalue weighted by Crippen LogP contribution is 2.18. The van der Waals surface area contributed by atoms with E-state index in [4.69, 9.17) is 5.11 Å². The van der Waals surface area contributed by atoms with Crippen LogP contribution >= 0.6 is 0 Å². The molecule has 1 aromatic carbocycles. The van der Waals surface area contributed by atoms with E-state index in [1.54, 1.807) is 21.1 Å². The lowest BCUT2D eigenvalue weighted by atomic mass is 10.1. The van der Waals surface area contributed by atoms with Crippen LogP contribution in [-0.2, 0) is 23.2 Å². The van der Waals surface area contributed by atoms with Crippen molar-refractivity contribution in [2.24, 2.45) is 13.0 Å². The average Bonchev–Trinajstić information content (AvgIpc) is 3.12. The first-order valence-corrected chi connectivity index (χ1v) is 7.64. The molecule has 3 rings (SSSR count). The molecule has 0 spiro atoms. The number of carboxylic acids is 1. The summed E-state index contributed by atoms with van der Waals surface area (Å²) in [5.74, 6) is -1.43. The zero-order valence-corrected chi connectivity index (χ0v) is 12.9. The van der Waals surface area contributed by atoms with Crippen LogP contribution in [0.5, 0.6) is 0 Å². The monoisotopic (exact) mass is 317 g/mol. The van der Waals surface area contributed by atoms with Gasteiger partial charge in [-0.05, 0) is 18.6 Å². The first-order chi connectivity index (χ1) is 11.0. The van der Waals surface area contributed by atoms with Gasteiger partial charge in [-0.25, -0.2) is 4.79 Å². The molecule has 7 nitrogen and oxygen atoms in total. The number of likely N-dealkylation sites (tertiary alicyclic amines) is 1. The minimum absolute atomic E-state index is 0.103. The minimum atomic E-state index is -0.856. The Morgan fingerprint density at radius 3 is 2.61 bits per heavy atom. The summed E-state index contributed by atoms with van der Waals surface area (Å²) in [6.45, 7) is 1.03. The van der Waals surface area contributed by atoms with Crippen molar-refractivity contribution in [2.75, 3.05) is 13.1 Å². The van der Waals surface area contributed by atoms with E-state index in [-0.39, 0.29) is 24.6 Å². The zero-order chi connectivity index (χ0) is 16.6. The molecule has 1 aromatic heterocycles. The summed E-state index contributed by atoms with van der Waals surface area (Å²) in [7, 11) is 1.71. The van der Waals surface area contributed by atoms with E-state index >= 15 is 0 Å². The number of imidazole rings is 1. The summed E-state index contributed by atoms with van der Waals surface area (Å²) in [6.07, 6.45) is 0.690. The molecule has 7 heteroatoms. The van der Waals surface area contributed by atoms with Gasteiger partial charge in [0.1, 0.15) is 0 Å². The second-order valence-electron chi connectivity index (χ2n) is 5.90. The molecule has 0 bridgehead atoms. The Hall–Kier alpha value is -2.57. The highest BCUT2D eigenvalue weighted by molar-refractivity contribution is 5.79. The summed E-state index contributed by atoms with van der Waals surface area (Å²) in [5, 5.41) is 8.99. The number of amides is 1. The number of fused-ring (bicyclic) bond motifs is 1. The lowest BCUT2D eigenvalue weighted by Crippen LogP contribution is -2.32. The smallest absolute Gasteiger partial charge is 0.328 e. The molecule has 0 saturated carbocycles. The van der Waals surface area contributed by atoms with Crippen molar-refractivity contribution in [3.63, 3.8) is 0 Å². The van der Waals surface area contributed by atoms with Crippen molar-refractivity contribution >= 4 is 22.9 Å². The van der Waals surface area contributed by atoms with Crippen LogP contribution in [0, 0.1) is 5.92 Å². The number of nitrogens with zero attached hydrogens (tertiary/aromatic N) is 3. The number of benzene rings is 1. The molecular weight excluding hydrogens is 298 g/mol. The lowest BCUT2D eigenvalue weighted by molar-refractivity contribution is -0.141. The third kappa shape index (κ3) is 2.74. The third-order valence-corrected chi connectivity index (χ3v) is 4.49. The van der Waals surface area contributed by atoms with Crippen molar-refractivity contribution < 1.29 is 14.7 Å². The molecule has 122 valence electrons. The van der Waals surface area contributed by atoms with Crippen molar-refractivity contribution in [3.05, 3.63) is 34.7 Å². The van der Waals surface area contributed by atoms with Crippen molar-refractivity contribution in [3.8, 4) is 0 Å². The number of aryl methyl sites for hydroxylation is 2. The minimum Gasteiger partial charge on any atom is -0.481 e. The Labute approximate surface area is 132 Å². The van der Waals surface area contributed by atoms with Crippen LogP contribution in [-0.4, -0.2) is 44.1 Å². The number of carbonyl (C=O) groups is 2. The molecule has 1 atom stereocenters.